The van der Waals surface area contributed by atoms with E-state index in [4.69, 9.17) is 4.80 Å². The molecule has 0 aliphatic rings. The first-order valence-corrected chi connectivity index (χ1v) is 3.64. The van der Waals surface area contributed by atoms with Crippen molar-refractivity contribution < 1.29 is 31.1 Å². The summed E-state index contributed by atoms with van der Waals surface area (Å²) in [5.41, 5.74) is 0. The Bertz CT molecular complexity index is 99.9. The second-order valence-electron chi connectivity index (χ2n) is 1.49. The molecule has 0 bridgehead atoms. The van der Waals surface area contributed by atoms with Crippen LogP contribution in [0.15, 0.2) is 0 Å². The van der Waals surface area contributed by atoms with Crippen LogP contribution < -0.4 is 0 Å². The van der Waals surface area contributed by atoms with E-state index in [1.54, 1.807) is 0 Å². The minimum atomic E-state index is -5.58. The number of hydrogen-bond donors (Lipinski definition) is 1. The SMILES string of the molecule is O[SiH](C(F)(F)F)C(F)(F)F. The van der Waals surface area contributed by atoms with Gasteiger partial charge in [-0.15, -0.1) is 0 Å². The molecular formula is C2H2F6OSi. The van der Waals surface area contributed by atoms with Crippen molar-refractivity contribution >= 4 is 9.04 Å². The predicted octanol–water partition coefficient (Wildman–Crippen LogP) is 0.905. The standard InChI is InChI=1S/C2H2F6OSi/c3-1(4,5)10(9)2(6,7)8/h9-10H. The van der Waals surface area contributed by atoms with Crippen molar-refractivity contribution in [2.75, 3.05) is 0 Å². The van der Waals surface area contributed by atoms with Crippen molar-refractivity contribution in [1.29, 1.82) is 0 Å². The molecule has 0 saturated carbocycles. The third-order valence-electron chi connectivity index (χ3n) is 0.620. The zero-order valence-electron chi connectivity index (χ0n) is 4.29. The summed E-state index contributed by atoms with van der Waals surface area (Å²) in [5, 5.41) is 0. The highest BCUT2D eigenvalue weighted by Crippen LogP contribution is 2.29. The van der Waals surface area contributed by atoms with Crippen molar-refractivity contribution in [3.63, 3.8) is 0 Å². The minimum Gasteiger partial charge on any atom is -0.421 e. The van der Waals surface area contributed by atoms with Crippen molar-refractivity contribution in [1.82, 2.24) is 0 Å². The summed E-state index contributed by atoms with van der Waals surface area (Å²) >= 11 is 0. The third kappa shape index (κ3) is 2.56. The quantitative estimate of drug-likeness (QED) is 0.438. The van der Waals surface area contributed by atoms with Gasteiger partial charge in [0, 0.05) is 0 Å². The molecule has 0 spiro atoms. The van der Waals surface area contributed by atoms with Gasteiger partial charge in [0.15, 0.2) is 0 Å². The van der Waals surface area contributed by atoms with Crippen LogP contribution in [0.1, 0.15) is 0 Å². The summed E-state index contributed by atoms with van der Waals surface area (Å²) in [6.45, 7) is 0. The Labute approximate surface area is 53.0 Å². The van der Waals surface area contributed by atoms with Gasteiger partial charge in [0.25, 0.3) is 0 Å². The molecule has 0 aromatic carbocycles. The Morgan fingerprint density at radius 3 is 1.00 bits per heavy atom. The van der Waals surface area contributed by atoms with Crippen molar-refractivity contribution in [3.05, 3.63) is 0 Å². The molecule has 0 atom stereocenters. The van der Waals surface area contributed by atoms with Crippen LogP contribution in [0.5, 0.6) is 0 Å². The Morgan fingerprint density at radius 1 is 0.800 bits per heavy atom. The summed E-state index contributed by atoms with van der Waals surface area (Å²) < 4.78 is 66.2. The molecule has 0 radical (unpaired) electrons. The first-order valence-electron chi connectivity index (χ1n) is 1.97. The molecule has 1 nitrogen and oxygen atoms in total. The van der Waals surface area contributed by atoms with Gasteiger partial charge >= 0.3 is 20.6 Å². The predicted molar refractivity (Wildman–Crippen MR) is 21.5 cm³/mol. The van der Waals surface area contributed by atoms with Crippen LogP contribution in [0.3, 0.4) is 0 Å². The Hall–Kier alpha value is -0.243. The first kappa shape index (κ1) is 9.76. The van der Waals surface area contributed by atoms with Crippen LogP contribution in [0.2, 0.25) is 0 Å². The van der Waals surface area contributed by atoms with Gasteiger partial charge < -0.3 is 4.80 Å². The molecule has 0 heterocycles. The van der Waals surface area contributed by atoms with Crippen LogP contribution >= 0.6 is 0 Å². The topological polar surface area (TPSA) is 20.2 Å². The van der Waals surface area contributed by atoms with Gasteiger partial charge in [0.05, 0.1) is 0 Å². The van der Waals surface area contributed by atoms with Gasteiger partial charge in [-0.3, -0.25) is 0 Å². The molecule has 0 amide bonds. The Kier molecular flexibility index (Phi) is 2.36. The Morgan fingerprint density at radius 2 is 1.00 bits per heavy atom. The van der Waals surface area contributed by atoms with Gasteiger partial charge in [-0.05, 0) is 0 Å². The van der Waals surface area contributed by atoms with Crippen LogP contribution in [-0.4, -0.2) is 25.4 Å². The van der Waals surface area contributed by atoms with E-state index in [1.165, 1.54) is 0 Å². The average molecular weight is 184 g/mol. The van der Waals surface area contributed by atoms with Gasteiger partial charge in [0.1, 0.15) is 0 Å². The molecule has 0 aliphatic carbocycles. The maximum absolute atomic E-state index is 11.0. The number of rotatable bonds is 0. The summed E-state index contributed by atoms with van der Waals surface area (Å²) in [7, 11) is -5.58. The lowest BCUT2D eigenvalue weighted by molar-refractivity contribution is -0.120. The highest BCUT2D eigenvalue weighted by Gasteiger charge is 2.58. The average Bonchev–Trinajstić information content (AvgIpc) is 1.59. The molecule has 0 aliphatic heterocycles. The van der Waals surface area contributed by atoms with Crippen LogP contribution in [-0.2, 0) is 0 Å². The fraction of sp³-hybridized carbons (Fsp3) is 1.00. The van der Waals surface area contributed by atoms with Crippen molar-refractivity contribution in [2.24, 2.45) is 0 Å². The molecule has 1 N–H and O–H groups in total. The summed E-state index contributed by atoms with van der Waals surface area (Å²) in [5.74, 6) is -11.0. The zero-order valence-corrected chi connectivity index (χ0v) is 5.45. The van der Waals surface area contributed by atoms with Gasteiger partial charge in [0.2, 0.25) is 0 Å². The van der Waals surface area contributed by atoms with E-state index in [0.717, 1.165) is 0 Å². The molecule has 0 rings (SSSR count). The third-order valence-corrected chi connectivity index (χ3v) is 1.86. The Balaban J connectivity index is 4.23. The molecule has 0 fully saturated rings. The molecule has 0 saturated heterocycles. The molecule has 8 heteroatoms. The van der Waals surface area contributed by atoms with E-state index in [2.05, 4.69) is 0 Å². The lowest BCUT2D eigenvalue weighted by Gasteiger charge is -2.14. The normalized spacial score (nSPS) is 14.4. The number of halogens is 6. The largest absolute Gasteiger partial charge is 0.421 e. The monoisotopic (exact) mass is 184 g/mol. The van der Waals surface area contributed by atoms with Gasteiger partial charge in [-0.2, -0.15) is 26.3 Å². The smallest absolute Gasteiger partial charge is 0.416 e. The number of hydrogen-bond acceptors (Lipinski definition) is 1. The first-order chi connectivity index (χ1) is 4.15. The maximum Gasteiger partial charge on any atom is 0.416 e. The fourth-order valence-electron chi connectivity index (χ4n) is 0.186. The highest BCUT2D eigenvalue weighted by molar-refractivity contribution is 6.54. The second-order valence-corrected chi connectivity index (χ2v) is 3.60. The molecule has 62 valence electrons. The lowest BCUT2D eigenvalue weighted by Crippen LogP contribution is -2.47. The molecular weight excluding hydrogens is 182 g/mol. The number of alkyl halides is 6. The van der Waals surface area contributed by atoms with Crippen molar-refractivity contribution in [3.8, 4) is 0 Å². The van der Waals surface area contributed by atoms with Crippen LogP contribution in [0.25, 0.3) is 0 Å². The highest BCUT2D eigenvalue weighted by atomic mass is 28.3. The summed E-state index contributed by atoms with van der Waals surface area (Å²) in [4.78, 5) is 7.61. The summed E-state index contributed by atoms with van der Waals surface area (Å²) in [6.07, 6.45) is 0. The van der Waals surface area contributed by atoms with Crippen LogP contribution in [0, 0.1) is 0 Å². The van der Waals surface area contributed by atoms with Crippen molar-refractivity contribution in [2.45, 2.75) is 11.6 Å². The van der Waals surface area contributed by atoms with E-state index >= 15 is 0 Å². The van der Waals surface area contributed by atoms with E-state index in [0.29, 0.717) is 0 Å². The van der Waals surface area contributed by atoms with Gasteiger partial charge in [-0.1, -0.05) is 0 Å². The van der Waals surface area contributed by atoms with E-state index in [-0.39, 0.29) is 0 Å². The van der Waals surface area contributed by atoms with E-state index in [9.17, 15) is 26.3 Å². The second kappa shape index (κ2) is 2.42. The summed E-state index contributed by atoms with van der Waals surface area (Å²) in [6, 6.07) is 0. The molecule has 0 unspecified atom stereocenters. The maximum atomic E-state index is 11.0. The molecule has 0 aromatic heterocycles. The van der Waals surface area contributed by atoms with Crippen LogP contribution in [0.4, 0.5) is 26.3 Å². The lowest BCUT2D eigenvalue weighted by atomic mass is 11.5. The van der Waals surface area contributed by atoms with E-state index < -0.39 is 20.6 Å². The zero-order chi connectivity index (χ0) is 8.58. The molecule has 10 heavy (non-hydrogen) atoms. The fourth-order valence-corrected chi connectivity index (χ4v) is 0.557. The minimum absolute atomic E-state index is 5.49. The van der Waals surface area contributed by atoms with Gasteiger partial charge in [-0.25, -0.2) is 0 Å². The molecule has 0 aromatic rings. The van der Waals surface area contributed by atoms with E-state index in [1.807, 2.05) is 0 Å².